The second-order valence-corrected chi connectivity index (χ2v) is 8.69. The van der Waals surface area contributed by atoms with Gasteiger partial charge in [0, 0.05) is 23.9 Å². The van der Waals surface area contributed by atoms with Crippen molar-refractivity contribution in [1.29, 1.82) is 0 Å². The van der Waals surface area contributed by atoms with Crippen molar-refractivity contribution in [2.75, 3.05) is 12.3 Å². The van der Waals surface area contributed by atoms with Crippen molar-refractivity contribution in [1.82, 2.24) is 10.3 Å². The number of amides is 1. The van der Waals surface area contributed by atoms with Crippen molar-refractivity contribution in [3.63, 3.8) is 0 Å². The highest BCUT2D eigenvalue weighted by Crippen LogP contribution is 2.14. The van der Waals surface area contributed by atoms with Crippen molar-refractivity contribution < 1.29 is 23.1 Å². The van der Waals surface area contributed by atoms with Gasteiger partial charge in [0.1, 0.15) is 0 Å². The summed E-state index contributed by atoms with van der Waals surface area (Å²) < 4.78 is 24.2. The van der Waals surface area contributed by atoms with E-state index in [1.54, 1.807) is 0 Å². The van der Waals surface area contributed by atoms with Crippen LogP contribution in [-0.4, -0.2) is 42.7 Å². The first-order valence-corrected chi connectivity index (χ1v) is 10.7. The van der Waals surface area contributed by atoms with Gasteiger partial charge in [-0.15, -0.1) is 11.3 Å². The molecule has 0 unspecified atom stereocenters. The number of carboxylic acids is 1. The predicted octanol–water partition coefficient (Wildman–Crippen LogP) is 2.39. The van der Waals surface area contributed by atoms with Crippen LogP contribution in [0.4, 0.5) is 0 Å². The quantitative estimate of drug-likeness (QED) is 0.673. The number of aromatic nitrogens is 1. The number of thiazole rings is 1. The first-order chi connectivity index (χ1) is 12.3. The van der Waals surface area contributed by atoms with Crippen LogP contribution in [0.3, 0.4) is 0 Å². The number of carbonyl (C=O) groups is 2. The van der Waals surface area contributed by atoms with Gasteiger partial charge in [0.2, 0.25) is 0 Å². The van der Waals surface area contributed by atoms with Gasteiger partial charge in [0.05, 0.1) is 15.7 Å². The maximum absolute atomic E-state index is 12.1. The molecule has 0 bridgehead atoms. The van der Waals surface area contributed by atoms with E-state index in [-0.39, 0.29) is 22.2 Å². The molecule has 9 heteroatoms. The highest BCUT2D eigenvalue weighted by atomic mass is 32.2. The third kappa shape index (κ3) is 5.37. The van der Waals surface area contributed by atoms with Crippen LogP contribution in [0.1, 0.15) is 45.6 Å². The molecule has 0 saturated carbocycles. The van der Waals surface area contributed by atoms with Gasteiger partial charge < -0.3 is 10.4 Å². The normalized spacial score (nSPS) is 11.3. The smallest absolute Gasteiger partial charge is 0.355 e. The van der Waals surface area contributed by atoms with Crippen LogP contribution in [-0.2, 0) is 16.3 Å². The summed E-state index contributed by atoms with van der Waals surface area (Å²) in [4.78, 5) is 27.0. The number of sulfone groups is 1. The minimum atomic E-state index is -3.31. The molecule has 140 valence electrons. The van der Waals surface area contributed by atoms with Crippen LogP contribution in [0.15, 0.2) is 34.5 Å². The zero-order valence-corrected chi connectivity index (χ0v) is 15.9. The highest BCUT2D eigenvalue weighted by Gasteiger charge is 2.15. The molecule has 0 atom stereocenters. The summed E-state index contributed by atoms with van der Waals surface area (Å²) in [7, 11) is -3.31. The molecule has 0 saturated heterocycles. The van der Waals surface area contributed by atoms with Crippen LogP contribution in [0.5, 0.6) is 0 Å². The maximum atomic E-state index is 12.1. The number of rotatable bonds is 9. The summed E-state index contributed by atoms with van der Waals surface area (Å²) in [5, 5.41) is 13.6. The Bertz CT molecular complexity index is 873. The van der Waals surface area contributed by atoms with Crippen LogP contribution < -0.4 is 5.32 Å². The van der Waals surface area contributed by atoms with Crippen molar-refractivity contribution in [2.24, 2.45) is 0 Å². The van der Waals surface area contributed by atoms with Gasteiger partial charge in [0.25, 0.3) is 5.91 Å². The standard InChI is InChI=1S/C17H20N2O5S2/c1-2-3-10-26(23,24)13-6-4-12(5-7-13)16(20)18-9-8-15-19-14(11-25-15)17(21)22/h4-7,11H,2-3,8-10H2,1H3,(H,18,20)(H,21,22). The number of nitrogens with zero attached hydrogens (tertiary/aromatic N) is 1. The lowest BCUT2D eigenvalue weighted by atomic mass is 10.2. The first kappa shape index (κ1) is 20.1. The van der Waals surface area contributed by atoms with E-state index in [4.69, 9.17) is 5.11 Å². The van der Waals surface area contributed by atoms with E-state index in [1.165, 1.54) is 41.0 Å². The topological polar surface area (TPSA) is 113 Å². The summed E-state index contributed by atoms with van der Waals surface area (Å²) in [6, 6.07) is 5.86. The van der Waals surface area contributed by atoms with E-state index in [0.717, 1.165) is 6.42 Å². The molecule has 1 aromatic heterocycles. The van der Waals surface area contributed by atoms with Crippen LogP contribution in [0.25, 0.3) is 0 Å². The Kier molecular flexibility index (Phi) is 6.87. The van der Waals surface area contributed by atoms with E-state index >= 15 is 0 Å². The zero-order valence-electron chi connectivity index (χ0n) is 14.3. The summed E-state index contributed by atoms with van der Waals surface area (Å²) in [5.41, 5.74) is 0.362. The number of carbonyl (C=O) groups excluding carboxylic acids is 1. The molecule has 0 fully saturated rings. The fourth-order valence-corrected chi connectivity index (χ4v) is 4.40. The third-order valence-corrected chi connectivity index (χ3v) is 6.36. The van der Waals surface area contributed by atoms with E-state index in [1.807, 2.05) is 6.92 Å². The number of nitrogens with one attached hydrogen (secondary N) is 1. The van der Waals surface area contributed by atoms with Crippen molar-refractivity contribution in [3.8, 4) is 0 Å². The number of hydrogen-bond donors (Lipinski definition) is 2. The Morgan fingerprint density at radius 2 is 1.92 bits per heavy atom. The molecule has 1 aromatic carbocycles. The van der Waals surface area contributed by atoms with E-state index < -0.39 is 15.8 Å². The predicted molar refractivity (Wildman–Crippen MR) is 98.5 cm³/mol. The van der Waals surface area contributed by atoms with Gasteiger partial charge >= 0.3 is 5.97 Å². The minimum Gasteiger partial charge on any atom is -0.476 e. The molecule has 0 aliphatic rings. The Morgan fingerprint density at radius 1 is 1.23 bits per heavy atom. The van der Waals surface area contributed by atoms with Gasteiger partial charge in [-0.25, -0.2) is 18.2 Å². The number of carboxylic acid groups (broad SMARTS) is 1. The van der Waals surface area contributed by atoms with Gasteiger partial charge in [-0.1, -0.05) is 13.3 Å². The Morgan fingerprint density at radius 3 is 2.50 bits per heavy atom. The highest BCUT2D eigenvalue weighted by molar-refractivity contribution is 7.91. The van der Waals surface area contributed by atoms with Crippen LogP contribution in [0.2, 0.25) is 0 Å². The fourth-order valence-electron chi connectivity index (χ4n) is 2.17. The summed E-state index contributed by atoms with van der Waals surface area (Å²) in [6.45, 7) is 2.24. The lowest BCUT2D eigenvalue weighted by Crippen LogP contribution is -2.25. The summed E-state index contributed by atoms with van der Waals surface area (Å²) >= 11 is 1.23. The number of benzene rings is 1. The molecule has 0 radical (unpaired) electrons. The Labute approximate surface area is 156 Å². The molecule has 0 aliphatic carbocycles. The number of aromatic carboxylic acids is 1. The molecule has 7 nitrogen and oxygen atoms in total. The molecule has 1 heterocycles. The van der Waals surface area contributed by atoms with E-state index in [9.17, 15) is 18.0 Å². The number of unbranched alkanes of at least 4 members (excludes halogenated alkanes) is 1. The van der Waals surface area contributed by atoms with Crippen molar-refractivity contribution in [2.45, 2.75) is 31.1 Å². The molecule has 2 aromatic rings. The Balaban J connectivity index is 1.90. The van der Waals surface area contributed by atoms with Crippen molar-refractivity contribution in [3.05, 3.63) is 45.9 Å². The van der Waals surface area contributed by atoms with Gasteiger partial charge in [-0.05, 0) is 30.7 Å². The largest absolute Gasteiger partial charge is 0.476 e. The fraction of sp³-hybridized carbons (Fsp3) is 0.353. The lowest BCUT2D eigenvalue weighted by Gasteiger charge is -2.06. The Hall–Kier alpha value is -2.26. The van der Waals surface area contributed by atoms with Gasteiger partial charge in [-0.3, -0.25) is 4.79 Å². The maximum Gasteiger partial charge on any atom is 0.355 e. The number of hydrogen-bond acceptors (Lipinski definition) is 6. The summed E-state index contributed by atoms with van der Waals surface area (Å²) in [5.74, 6) is -1.30. The second kappa shape index (κ2) is 8.91. The SMILES string of the molecule is CCCCS(=O)(=O)c1ccc(C(=O)NCCc2nc(C(=O)O)cs2)cc1. The zero-order chi connectivity index (χ0) is 19.2. The molecular formula is C17H20N2O5S2. The lowest BCUT2D eigenvalue weighted by molar-refractivity contribution is 0.0690. The first-order valence-electron chi connectivity index (χ1n) is 8.12. The van der Waals surface area contributed by atoms with Gasteiger partial charge in [-0.2, -0.15) is 0 Å². The average molecular weight is 396 g/mol. The minimum absolute atomic E-state index is 0.00352. The molecule has 0 aliphatic heterocycles. The molecule has 2 rings (SSSR count). The summed E-state index contributed by atoms with van der Waals surface area (Å²) in [6.07, 6.45) is 1.82. The van der Waals surface area contributed by atoms with Crippen molar-refractivity contribution >= 4 is 33.1 Å². The van der Waals surface area contributed by atoms with E-state index in [2.05, 4.69) is 10.3 Å². The average Bonchev–Trinajstić information content (AvgIpc) is 3.09. The van der Waals surface area contributed by atoms with Gasteiger partial charge in [0.15, 0.2) is 15.5 Å². The molecule has 26 heavy (non-hydrogen) atoms. The second-order valence-electron chi connectivity index (χ2n) is 5.63. The van der Waals surface area contributed by atoms with Crippen LogP contribution >= 0.6 is 11.3 Å². The molecule has 1 amide bonds. The van der Waals surface area contributed by atoms with Crippen LogP contribution in [0, 0.1) is 0 Å². The molecular weight excluding hydrogens is 376 g/mol. The monoisotopic (exact) mass is 396 g/mol. The molecule has 0 spiro atoms. The third-order valence-electron chi connectivity index (χ3n) is 3.64. The van der Waals surface area contributed by atoms with E-state index in [0.29, 0.717) is 30.0 Å². The molecule has 2 N–H and O–H groups in total.